The minimum atomic E-state index is -0.612. The number of nitrogens with two attached hydrogens (primary N) is 1. The zero-order valence-electron chi connectivity index (χ0n) is 13.0. The van der Waals surface area contributed by atoms with Crippen LogP contribution in [0.5, 0.6) is 0 Å². The predicted molar refractivity (Wildman–Crippen MR) is 93.8 cm³/mol. The maximum absolute atomic E-state index is 12.3. The van der Waals surface area contributed by atoms with Crippen molar-refractivity contribution in [1.82, 2.24) is 5.32 Å². The molecule has 0 aliphatic heterocycles. The van der Waals surface area contributed by atoms with Crippen molar-refractivity contribution in [1.29, 1.82) is 0 Å². The summed E-state index contributed by atoms with van der Waals surface area (Å²) in [4.78, 5) is 23.1. The third kappa shape index (κ3) is 4.06. The van der Waals surface area contributed by atoms with E-state index < -0.39 is 6.03 Å². The highest BCUT2D eigenvalue weighted by Crippen LogP contribution is 2.47. The van der Waals surface area contributed by atoms with E-state index in [4.69, 9.17) is 17.3 Å². The van der Waals surface area contributed by atoms with Gasteiger partial charge in [0.25, 0.3) is 0 Å². The highest BCUT2D eigenvalue weighted by molar-refractivity contribution is 6.30. The summed E-state index contributed by atoms with van der Waals surface area (Å²) in [6.07, 6.45) is 0.843. The minimum absolute atomic E-state index is 0.00426. The first-order valence-corrected chi connectivity index (χ1v) is 8.09. The second-order valence-electron chi connectivity index (χ2n) is 5.91. The SMILES string of the molecule is NC(=O)Nc1cccc(CNC(=O)[C@@H]2C[C@@H]2c2cccc(Cl)c2)c1. The summed E-state index contributed by atoms with van der Waals surface area (Å²) >= 11 is 6.00. The monoisotopic (exact) mass is 343 g/mol. The first-order valence-electron chi connectivity index (χ1n) is 7.71. The zero-order valence-corrected chi connectivity index (χ0v) is 13.7. The molecule has 0 radical (unpaired) electrons. The van der Waals surface area contributed by atoms with E-state index in [9.17, 15) is 9.59 Å². The second kappa shape index (κ2) is 6.93. The number of nitrogens with one attached hydrogen (secondary N) is 2. The molecule has 2 aromatic carbocycles. The standard InChI is InChI=1S/C18H18ClN3O2/c19-13-5-2-4-12(8-13)15-9-16(15)17(23)21-10-11-3-1-6-14(7-11)22-18(20)24/h1-8,15-16H,9-10H2,(H,21,23)(H3,20,22,24)/t15-,16-/m1/s1. The molecule has 5 nitrogen and oxygen atoms in total. The highest BCUT2D eigenvalue weighted by atomic mass is 35.5. The van der Waals surface area contributed by atoms with Crippen molar-refractivity contribution in [2.75, 3.05) is 5.32 Å². The lowest BCUT2D eigenvalue weighted by atomic mass is 10.1. The van der Waals surface area contributed by atoms with Crippen LogP contribution in [-0.4, -0.2) is 11.9 Å². The van der Waals surface area contributed by atoms with E-state index in [0.717, 1.165) is 17.5 Å². The van der Waals surface area contributed by atoms with Gasteiger partial charge in [-0.05, 0) is 47.7 Å². The van der Waals surface area contributed by atoms with Gasteiger partial charge in [-0.2, -0.15) is 0 Å². The summed E-state index contributed by atoms with van der Waals surface area (Å²) in [6, 6.07) is 14.3. The lowest BCUT2D eigenvalue weighted by Crippen LogP contribution is -2.25. The number of carbonyl (C=O) groups is 2. The van der Waals surface area contributed by atoms with Crippen molar-refractivity contribution >= 4 is 29.2 Å². The van der Waals surface area contributed by atoms with E-state index >= 15 is 0 Å². The van der Waals surface area contributed by atoms with E-state index in [2.05, 4.69) is 10.6 Å². The van der Waals surface area contributed by atoms with Gasteiger partial charge in [-0.15, -0.1) is 0 Å². The normalized spacial score (nSPS) is 18.7. The van der Waals surface area contributed by atoms with Crippen LogP contribution in [0.1, 0.15) is 23.5 Å². The smallest absolute Gasteiger partial charge is 0.316 e. The van der Waals surface area contributed by atoms with Crippen LogP contribution >= 0.6 is 11.6 Å². The van der Waals surface area contributed by atoms with E-state index in [-0.39, 0.29) is 17.7 Å². The molecule has 0 aromatic heterocycles. The van der Waals surface area contributed by atoms with E-state index in [1.54, 1.807) is 18.2 Å². The Labute approximate surface area is 145 Å². The van der Waals surface area contributed by atoms with Gasteiger partial charge in [-0.3, -0.25) is 4.79 Å². The maximum atomic E-state index is 12.3. The van der Waals surface area contributed by atoms with Gasteiger partial charge in [0.1, 0.15) is 0 Å². The molecule has 0 saturated heterocycles. The molecule has 1 aliphatic rings. The van der Waals surface area contributed by atoms with Crippen molar-refractivity contribution < 1.29 is 9.59 Å². The number of benzene rings is 2. The van der Waals surface area contributed by atoms with Crippen molar-refractivity contribution in [2.24, 2.45) is 11.7 Å². The van der Waals surface area contributed by atoms with Crippen LogP contribution in [0.2, 0.25) is 5.02 Å². The first kappa shape index (κ1) is 16.3. The molecule has 0 bridgehead atoms. The van der Waals surface area contributed by atoms with Crippen molar-refractivity contribution in [2.45, 2.75) is 18.9 Å². The predicted octanol–water partition coefficient (Wildman–Crippen LogP) is 3.25. The Kier molecular flexibility index (Phi) is 4.71. The van der Waals surface area contributed by atoms with Crippen LogP contribution in [0.25, 0.3) is 0 Å². The van der Waals surface area contributed by atoms with Gasteiger partial charge < -0.3 is 16.4 Å². The lowest BCUT2D eigenvalue weighted by Gasteiger charge is -2.08. The summed E-state index contributed by atoms with van der Waals surface area (Å²) in [7, 11) is 0. The van der Waals surface area contributed by atoms with Crippen LogP contribution in [-0.2, 0) is 11.3 Å². The molecule has 0 unspecified atom stereocenters. The Balaban J connectivity index is 1.54. The van der Waals surface area contributed by atoms with E-state index in [1.807, 2.05) is 30.3 Å². The molecule has 1 fully saturated rings. The van der Waals surface area contributed by atoms with Crippen molar-refractivity contribution in [3.8, 4) is 0 Å². The fourth-order valence-corrected chi connectivity index (χ4v) is 3.01. The third-order valence-corrected chi connectivity index (χ3v) is 4.30. The van der Waals surface area contributed by atoms with Gasteiger partial charge >= 0.3 is 6.03 Å². The second-order valence-corrected chi connectivity index (χ2v) is 6.35. The number of hydrogen-bond donors (Lipinski definition) is 3. The average Bonchev–Trinajstić information content (AvgIpc) is 3.33. The summed E-state index contributed by atoms with van der Waals surface area (Å²) in [5.41, 5.74) is 7.71. The van der Waals surface area contributed by atoms with Crippen LogP contribution < -0.4 is 16.4 Å². The third-order valence-electron chi connectivity index (χ3n) is 4.07. The number of amides is 3. The van der Waals surface area contributed by atoms with Gasteiger partial charge in [0, 0.05) is 23.2 Å². The molecule has 1 saturated carbocycles. The first-order chi connectivity index (χ1) is 11.5. The molecule has 4 N–H and O–H groups in total. The number of anilines is 1. The fraction of sp³-hybridized carbons (Fsp3) is 0.222. The Hall–Kier alpha value is -2.53. The Morgan fingerprint density at radius 3 is 2.71 bits per heavy atom. The molecule has 2 aromatic rings. The van der Waals surface area contributed by atoms with Gasteiger partial charge in [-0.25, -0.2) is 4.79 Å². The van der Waals surface area contributed by atoms with Crippen LogP contribution in [0.3, 0.4) is 0 Å². The number of urea groups is 1. The minimum Gasteiger partial charge on any atom is -0.352 e. The lowest BCUT2D eigenvalue weighted by molar-refractivity contribution is -0.122. The summed E-state index contributed by atoms with van der Waals surface area (Å²) in [5.74, 6) is 0.273. The van der Waals surface area contributed by atoms with Gasteiger partial charge in [0.05, 0.1) is 0 Å². The highest BCUT2D eigenvalue weighted by Gasteiger charge is 2.43. The molecular formula is C18H18ClN3O2. The molecule has 2 atom stereocenters. The topological polar surface area (TPSA) is 84.2 Å². The van der Waals surface area contributed by atoms with Crippen molar-refractivity contribution in [3.63, 3.8) is 0 Å². The van der Waals surface area contributed by atoms with Crippen LogP contribution in [0.15, 0.2) is 48.5 Å². The summed E-state index contributed by atoms with van der Waals surface area (Å²) < 4.78 is 0. The van der Waals surface area contributed by atoms with E-state index in [0.29, 0.717) is 17.3 Å². The maximum Gasteiger partial charge on any atom is 0.316 e. The summed E-state index contributed by atoms with van der Waals surface area (Å²) in [5, 5.41) is 6.15. The van der Waals surface area contributed by atoms with Gasteiger partial charge in [0.2, 0.25) is 5.91 Å². The number of rotatable bonds is 5. The number of hydrogen-bond acceptors (Lipinski definition) is 2. The molecule has 1 aliphatic carbocycles. The molecule has 24 heavy (non-hydrogen) atoms. The Morgan fingerprint density at radius 1 is 1.17 bits per heavy atom. The van der Waals surface area contributed by atoms with Gasteiger partial charge in [0.15, 0.2) is 0 Å². The van der Waals surface area contributed by atoms with Gasteiger partial charge in [-0.1, -0.05) is 35.9 Å². The fourth-order valence-electron chi connectivity index (χ4n) is 2.81. The van der Waals surface area contributed by atoms with E-state index in [1.165, 1.54) is 0 Å². The number of primary amides is 1. The zero-order chi connectivity index (χ0) is 17.1. The number of carbonyl (C=O) groups excluding carboxylic acids is 2. The quantitative estimate of drug-likeness (QED) is 0.778. The van der Waals surface area contributed by atoms with Crippen LogP contribution in [0.4, 0.5) is 10.5 Å². The molecule has 124 valence electrons. The molecule has 0 spiro atoms. The molecule has 3 rings (SSSR count). The molecule has 6 heteroatoms. The summed E-state index contributed by atoms with van der Waals surface area (Å²) in [6.45, 7) is 0.409. The largest absolute Gasteiger partial charge is 0.352 e. The van der Waals surface area contributed by atoms with Crippen LogP contribution in [0, 0.1) is 5.92 Å². The Bertz CT molecular complexity index is 778. The molecule has 0 heterocycles. The van der Waals surface area contributed by atoms with Crippen molar-refractivity contribution in [3.05, 3.63) is 64.7 Å². The average molecular weight is 344 g/mol. The Morgan fingerprint density at radius 2 is 1.96 bits per heavy atom. The number of halogens is 1. The molecular weight excluding hydrogens is 326 g/mol. The molecule has 3 amide bonds.